The average Bonchev–Trinajstić information content (AvgIpc) is 2.51. The first-order valence-electron chi connectivity index (χ1n) is 8.44. The minimum Gasteiger partial charge on any atom is -1.00 e. The number of rotatable bonds is 11. The van der Waals surface area contributed by atoms with Gasteiger partial charge in [0, 0.05) is 13.1 Å². The summed E-state index contributed by atoms with van der Waals surface area (Å²) in [4.78, 5) is 23.8. The van der Waals surface area contributed by atoms with Gasteiger partial charge in [0.25, 0.3) is 11.8 Å². The highest BCUT2D eigenvalue weighted by Crippen LogP contribution is 2.00. The summed E-state index contributed by atoms with van der Waals surface area (Å²) in [6, 6.07) is 0. The molecule has 0 aromatic heterocycles. The van der Waals surface area contributed by atoms with Gasteiger partial charge in [-0.1, -0.05) is 0 Å². The molecule has 0 saturated carbocycles. The molecular weight excluding hydrogens is 534 g/mol. The molecule has 0 bridgehead atoms. The van der Waals surface area contributed by atoms with Crippen LogP contribution >= 0.6 is 0 Å². The van der Waals surface area contributed by atoms with Crippen LogP contribution in [-0.4, -0.2) is 87.2 Å². The highest BCUT2D eigenvalue weighted by atomic mass is 127. The topological polar surface area (TPSA) is 58.2 Å². The molecule has 0 unspecified atom stereocenters. The zero-order valence-electron chi connectivity index (χ0n) is 16.1. The van der Waals surface area contributed by atoms with Crippen molar-refractivity contribution in [3.63, 3.8) is 0 Å². The van der Waals surface area contributed by atoms with Crippen molar-refractivity contribution in [2.24, 2.45) is 0 Å². The van der Waals surface area contributed by atoms with Crippen molar-refractivity contribution in [3.8, 4) is 0 Å². The molecule has 0 heterocycles. The summed E-state index contributed by atoms with van der Waals surface area (Å²) in [5.41, 5.74) is 0. The number of quaternary nitrogens is 2. The number of amides is 2. The highest BCUT2D eigenvalue weighted by Gasteiger charge is 2.22. The van der Waals surface area contributed by atoms with E-state index in [1.165, 1.54) is 0 Å². The number of halogens is 2. The second kappa shape index (κ2) is 14.5. The molecule has 0 aliphatic heterocycles. The first kappa shape index (κ1) is 29.1. The minimum absolute atomic E-state index is 0. The zero-order valence-corrected chi connectivity index (χ0v) is 20.4. The lowest BCUT2D eigenvalue weighted by Gasteiger charge is -2.31. The van der Waals surface area contributed by atoms with E-state index in [1.54, 1.807) is 0 Å². The Morgan fingerprint density at radius 1 is 0.667 bits per heavy atom. The van der Waals surface area contributed by atoms with Crippen molar-refractivity contribution in [2.45, 2.75) is 27.7 Å². The van der Waals surface area contributed by atoms with E-state index in [2.05, 4.69) is 52.4 Å². The summed E-state index contributed by atoms with van der Waals surface area (Å²) in [6.45, 7) is 14.1. The molecule has 0 aliphatic carbocycles. The first-order valence-corrected chi connectivity index (χ1v) is 8.44. The molecule has 2 N–H and O–H groups in total. The van der Waals surface area contributed by atoms with Crippen LogP contribution < -0.4 is 58.6 Å². The summed E-state index contributed by atoms with van der Waals surface area (Å²) >= 11 is 0. The Morgan fingerprint density at radius 2 is 0.917 bits per heavy atom. The van der Waals surface area contributed by atoms with E-state index in [0.717, 1.165) is 35.1 Å². The van der Waals surface area contributed by atoms with E-state index in [-0.39, 0.29) is 59.8 Å². The van der Waals surface area contributed by atoms with Crippen molar-refractivity contribution in [3.05, 3.63) is 0 Å². The van der Waals surface area contributed by atoms with Gasteiger partial charge in [0.05, 0.1) is 40.3 Å². The first-order chi connectivity index (χ1) is 10.2. The monoisotopic (exact) mass is 570 g/mol. The highest BCUT2D eigenvalue weighted by molar-refractivity contribution is 5.78. The largest absolute Gasteiger partial charge is 1.00 e. The summed E-state index contributed by atoms with van der Waals surface area (Å²) in [5, 5.41) is 5.76. The number of nitrogens with zero attached hydrogens (tertiary/aromatic N) is 2. The lowest BCUT2D eigenvalue weighted by molar-refractivity contribution is -0.898. The van der Waals surface area contributed by atoms with Crippen molar-refractivity contribution in [1.82, 2.24) is 10.6 Å². The average molecular weight is 570 g/mol. The van der Waals surface area contributed by atoms with Crippen molar-refractivity contribution in [1.29, 1.82) is 0 Å². The molecular formula is C16H36I2N4O2. The van der Waals surface area contributed by atoms with E-state index in [1.807, 2.05) is 0 Å². The van der Waals surface area contributed by atoms with Crippen LogP contribution in [0.25, 0.3) is 0 Å². The summed E-state index contributed by atoms with van der Waals surface area (Å²) in [5.74, 6) is 0.0892. The summed E-state index contributed by atoms with van der Waals surface area (Å²) < 4.78 is 1.47. The van der Waals surface area contributed by atoms with Gasteiger partial charge in [0.1, 0.15) is 0 Å². The number of hydrogen-bond acceptors (Lipinski definition) is 2. The van der Waals surface area contributed by atoms with Gasteiger partial charge >= 0.3 is 0 Å². The quantitative estimate of drug-likeness (QED) is 0.148. The molecule has 0 fully saturated rings. The molecule has 0 rings (SSSR count). The molecule has 0 spiro atoms. The fraction of sp³-hybridized carbons (Fsp3) is 0.875. The molecule has 0 aromatic carbocycles. The van der Waals surface area contributed by atoms with E-state index in [9.17, 15) is 9.59 Å². The van der Waals surface area contributed by atoms with Gasteiger partial charge in [-0.15, -0.1) is 0 Å². The second-order valence-corrected chi connectivity index (χ2v) is 6.52. The normalized spacial score (nSPS) is 11.1. The number of carbonyl (C=O) groups is 2. The Hall–Kier alpha value is 0.320. The lowest BCUT2D eigenvalue weighted by atomic mass is 10.3. The Bertz CT molecular complexity index is 326. The minimum atomic E-state index is 0. The maximum atomic E-state index is 11.9. The number of nitrogens with one attached hydrogen (secondary N) is 2. The van der Waals surface area contributed by atoms with Gasteiger partial charge in [0.15, 0.2) is 13.1 Å². The van der Waals surface area contributed by atoms with Gasteiger partial charge in [-0.25, -0.2) is 0 Å². The fourth-order valence-corrected chi connectivity index (χ4v) is 2.10. The van der Waals surface area contributed by atoms with Crippen LogP contribution in [0.4, 0.5) is 0 Å². The molecule has 146 valence electrons. The van der Waals surface area contributed by atoms with E-state index in [4.69, 9.17) is 0 Å². The Labute approximate surface area is 182 Å². The fourth-order valence-electron chi connectivity index (χ4n) is 2.10. The van der Waals surface area contributed by atoms with E-state index in [0.29, 0.717) is 26.2 Å². The molecule has 0 aromatic rings. The predicted octanol–water partition coefficient (Wildman–Crippen LogP) is -5.80. The molecule has 0 atom stereocenters. The van der Waals surface area contributed by atoms with Crippen LogP contribution in [0, 0.1) is 0 Å². The number of carbonyl (C=O) groups excluding carboxylic acids is 2. The van der Waals surface area contributed by atoms with Crippen LogP contribution in [0.3, 0.4) is 0 Å². The van der Waals surface area contributed by atoms with Gasteiger partial charge in [-0.2, -0.15) is 0 Å². The van der Waals surface area contributed by atoms with Gasteiger partial charge in [-0.3, -0.25) is 9.59 Å². The van der Waals surface area contributed by atoms with E-state index >= 15 is 0 Å². The third-order valence-electron chi connectivity index (χ3n) is 4.87. The molecule has 0 radical (unpaired) electrons. The Morgan fingerprint density at radius 3 is 1.12 bits per heavy atom. The SMILES string of the molecule is CC[N+](C)(CC)CC(=O)NCCNC(=O)C[N+](C)(CC)CC.[I-].[I-]. The van der Waals surface area contributed by atoms with Crippen LogP contribution in [0.15, 0.2) is 0 Å². The molecule has 8 heteroatoms. The Balaban J connectivity index is -0.00000220. The maximum Gasteiger partial charge on any atom is 0.275 e. The van der Waals surface area contributed by atoms with Crippen molar-refractivity contribution >= 4 is 11.8 Å². The van der Waals surface area contributed by atoms with Crippen molar-refractivity contribution < 1.29 is 66.5 Å². The van der Waals surface area contributed by atoms with Crippen molar-refractivity contribution in [2.75, 3.05) is 66.5 Å². The molecule has 0 saturated heterocycles. The third-order valence-corrected chi connectivity index (χ3v) is 4.87. The van der Waals surface area contributed by atoms with Gasteiger partial charge in [0.2, 0.25) is 0 Å². The summed E-state index contributed by atoms with van der Waals surface area (Å²) in [7, 11) is 4.16. The smallest absolute Gasteiger partial charge is 0.275 e. The van der Waals surface area contributed by atoms with Crippen LogP contribution in [0.5, 0.6) is 0 Å². The predicted molar refractivity (Wildman–Crippen MR) is 90.3 cm³/mol. The van der Waals surface area contributed by atoms with Crippen LogP contribution in [-0.2, 0) is 9.59 Å². The van der Waals surface area contributed by atoms with Crippen LogP contribution in [0.2, 0.25) is 0 Å². The third kappa shape index (κ3) is 11.8. The standard InChI is InChI=1S/C16H34N4O2.2HI/c1-7-19(5,8-2)13-15(21)17-11-12-18-16(22)14-20(6,9-3)10-4;;/h7-14H2,1-6H3;2*1H. The molecule has 2 amide bonds. The van der Waals surface area contributed by atoms with Gasteiger partial charge in [-0.05, 0) is 27.7 Å². The molecule has 6 nitrogen and oxygen atoms in total. The Kier molecular flexibility index (Phi) is 17.6. The zero-order chi connectivity index (χ0) is 17.2. The summed E-state index contributed by atoms with van der Waals surface area (Å²) in [6.07, 6.45) is 0. The van der Waals surface area contributed by atoms with Crippen LogP contribution in [0.1, 0.15) is 27.7 Å². The number of hydrogen-bond donors (Lipinski definition) is 2. The maximum absolute atomic E-state index is 11.9. The molecule has 0 aliphatic rings. The van der Waals surface area contributed by atoms with Gasteiger partial charge < -0.3 is 67.6 Å². The lowest BCUT2D eigenvalue weighted by Crippen LogP contribution is -3.00. The second-order valence-electron chi connectivity index (χ2n) is 6.52. The molecule has 24 heavy (non-hydrogen) atoms. The number of likely N-dealkylation sites (N-methyl/N-ethyl adjacent to an activating group) is 2. The van der Waals surface area contributed by atoms with E-state index < -0.39 is 0 Å².